The molecular formula is C23H28ClN3O5. The highest BCUT2D eigenvalue weighted by molar-refractivity contribution is 6.32. The molecule has 0 bridgehead atoms. The lowest BCUT2D eigenvalue weighted by molar-refractivity contribution is -0.129. The highest BCUT2D eigenvalue weighted by Gasteiger charge is 2.28. The van der Waals surface area contributed by atoms with Crippen LogP contribution in [-0.2, 0) is 27.4 Å². The summed E-state index contributed by atoms with van der Waals surface area (Å²) in [5.74, 6) is -1.02. The summed E-state index contributed by atoms with van der Waals surface area (Å²) in [5.41, 5.74) is 7.00. The van der Waals surface area contributed by atoms with Crippen LogP contribution in [0.15, 0.2) is 48.5 Å². The van der Waals surface area contributed by atoms with Gasteiger partial charge in [0.25, 0.3) is 0 Å². The molecule has 0 fully saturated rings. The Kier molecular flexibility index (Phi) is 9.34. The van der Waals surface area contributed by atoms with Crippen LogP contribution in [0.3, 0.4) is 0 Å². The topological polar surface area (TPSA) is 120 Å². The third-order valence-corrected chi connectivity index (χ3v) is 5.05. The van der Waals surface area contributed by atoms with E-state index in [1.54, 1.807) is 32.0 Å². The molecule has 2 atom stereocenters. The molecule has 2 aromatic rings. The van der Waals surface area contributed by atoms with Crippen LogP contribution in [0.1, 0.15) is 25.0 Å². The molecule has 0 heterocycles. The number of amides is 3. The van der Waals surface area contributed by atoms with Crippen molar-refractivity contribution in [3.63, 3.8) is 0 Å². The zero-order valence-electron chi connectivity index (χ0n) is 18.3. The number of primary amides is 1. The van der Waals surface area contributed by atoms with Crippen LogP contribution in [-0.4, -0.2) is 37.1 Å². The van der Waals surface area contributed by atoms with Crippen LogP contribution in [0.4, 0.5) is 4.79 Å². The van der Waals surface area contributed by atoms with Crippen LogP contribution < -0.4 is 21.1 Å². The minimum atomic E-state index is -0.990. The summed E-state index contributed by atoms with van der Waals surface area (Å²) in [6.45, 7) is 3.61. The number of rotatable bonds is 10. The van der Waals surface area contributed by atoms with Crippen LogP contribution in [0.5, 0.6) is 5.75 Å². The van der Waals surface area contributed by atoms with Crippen molar-refractivity contribution >= 4 is 29.5 Å². The lowest BCUT2D eigenvalue weighted by Crippen LogP contribution is -2.55. The molecule has 2 rings (SSSR count). The summed E-state index contributed by atoms with van der Waals surface area (Å²) in [7, 11) is 1.50. The number of nitrogens with one attached hydrogen (secondary N) is 2. The van der Waals surface area contributed by atoms with Crippen molar-refractivity contribution in [2.75, 3.05) is 7.11 Å². The van der Waals surface area contributed by atoms with Crippen molar-refractivity contribution in [1.29, 1.82) is 0 Å². The summed E-state index contributed by atoms with van der Waals surface area (Å²) >= 11 is 6.13. The van der Waals surface area contributed by atoms with Gasteiger partial charge in [0.05, 0.1) is 12.1 Å². The third kappa shape index (κ3) is 7.46. The Balaban J connectivity index is 2.01. The van der Waals surface area contributed by atoms with Crippen molar-refractivity contribution in [3.8, 4) is 5.75 Å². The molecule has 0 aromatic heterocycles. The van der Waals surface area contributed by atoms with Crippen molar-refractivity contribution < 1.29 is 23.9 Å². The normalized spacial score (nSPS) is 12.5. The predicted molar refractivity (Wildman–Crippen MR) is 121 cm³/mol. The van der Waals surface area contributed by atoms with E-state index in [2.05, 4.69) is 10.6 Å². The number of alkyl carbamates (subject to hydrolysis) is 1. The van der Waals surface area contributed by atoms with E-state index in [0.717, 1.165) is 5.56 Å². The molecule has 0 saturated carbocycles. The highest BCUT2D eigenvalue weighted by atomic mass is 35.5. The lowest BCUT2D eigenvalue weighted by Gasteiger charge is -2.24. The molecule has 0 spiro atoms. The zero-order valence-corrected chi connectivity index (χ0v) is 19.0. The molecule has 0 unspecified atom stereocenters. The van der Waals surface area contributed by atoms with Gasteiger partial charge in [-0.1, -0.05) is 61.8 Å². The Hall–Kier alpha value is -3.26. The number of ether oxygens (including phenoxy) is 2. The number of methoxy groups -OCH3 is 1. The second kappa shape index (κ2) is 12.0. The number of hydrogen-bond acceptors (Lipinski definition) is 5. The molecule has 9 heteroatoms. The van der Waals surface area contributed by atoms with Gasteiger partial charge in [-0.25, -0.2) is 4.79 Å². The van der Waals surface area contributed by atoms with Crippen LogP contribution in [0.2, 0.25) is 5.02 Å². The molecule has 0 aliphatic rings. The Labute approximate surface area is 192 Å². The van der Waals surface area contributed by atoms with Gasteiger partial charge in [0.1, 0.15) is 24.4 Å². The van der Waals surface area contributed by atoms with Gasteiger partial charge in [-0.3, -0.25) is 9.59 Å². The fourth-order valence-corrected chi connectivity index (χ4v) is 3.26. The fourth-order valence-electron chi connectivity index (χ4n) is 2.98. The summed E-state index contributed by atoms with van der Waals surface area (Å²) in [4.78, 5) is 37.0. The van der Waals surface area contributed by atoms with E-state index in [9.17, 15) is 14.4 Å². The Morgan fingerprint density at radius 1 is 1.03 bits per heavy atom. The largest absolute Gasteiger partial charge is 0.495 e. The first-order valence-corrected chi connectivity index (χ1v) is 10.5. The van der Waals surface area contributed by atoms with Gasteiger partial charge in [0.2, 0.25) is 11.8 Å². The Morgan fingerprint density at radius 2 is 1.72 bits per heavy atom. The van der Waals surface area contributed by atoms with Crippen LogP contribution in [0.25, 0.3) is 0 Å². The van der Waals surface area contributed by atoms with Gasteiger partial charge in [-0.15, -0.1) is 0 Å². The number of carbonyl (C=O) groups excluding carboxylic acids is 3. The maximum Gasteiger partial charge on any atom is 0.408 e. The predicted octanol–water partition coefficient (Wildman–Crippen LogP) is 2.81. The maximum atomic E-state index is 12.8. The second-order valence-corrected chi connectivity index (χ2v) is 7.97. The summed E-state index contributed by atoms with van der Waals surface area (Å²) in [5, 5.41) is 5.55. The SMILES string of the molecule is COc1ccc(C[C@H](NC(=O)[C@H](NC(=O)OCc2ccccc2)C(C)C)C(N)=O)cc1Cl. The quantitative estimate of drug-likeness (QED) is 0.502. The van der Waals surface area contributed by atoms with Gasteiger partial charge in [-0.2, -0.15) is 0 Å². The van der Waals surface area contributed by atoms with E-state index in [-0.39, 0.29) is 18.9 Å². The summed E-state index contributed by atoms with van der Waals surface area (Å²) in [6, 6.07) is 12.3. The van der Waals surface area contributed by atoms with Gasteiger partial charge in [0.15, 0.2) is 0 Å². The first-order valence-electron chi connectivity index (χ1n) is 10.1. The monoisotopic (exact) mass is 461 g/mol. The number of carbonyl (C=O) groups is 3. The standard InChI is InChI=1S/C23H28ClN3O5/c1-14(2)20(27-23(30)32-13-15-7-5-4-6-8-15)22(29)26-18(21(25)28)12-16-9-10-19(31-3)17(24)11-16/h4-11,14,18,20H,12-13H2,1-3H3,(H2,25,28)(H,26,29)(H,27,30)/t18-,20+/m0/s1. The van der Waals surface area contributed by atoms with Gasteiger partial charge >= 0.3 is 6.09 Å². The van der Waals surface area contributed by atoms with Crippen LogP contribution in [0, 0.1) is 5.92 Å². The molecule has 3 amide bonds. The van der Waals surface area contributed by atoms with Crippen molar-refractivity contribution in [1.82, 2.24) is 10.6 Å². The van der Waals surface area contributed by atoms with E-state index in [4.69, 9.17) is 26.8 Å². The molecule has 2 aromatic carbocycles. The maximum absolute atomic E-state index is 12.8. The average Bonchev–Trinajstić information content (AvgIpc) is 2.76. The minimum Gasteiger partial charge on any atom is -0.495 e. The van der Waals surface area contributed by atoms with E-state index < -0.39 is 30.0 Å². The first kappa shape index (κ1) is 25.0. The number of hydrogen-bond donors (Lipinski definition) is 3. The zero-order chi connectivity index (χ0) is 23.7. The molecule has 0 aliphatic carbocycles. The molecule has 0 radical (unpaired) electrons. The molecule has 0 aliphatic heterocycles. The molecule has 32 heavy (non-hydrogen) atoms. The number of nitrogens with two attached hydrogens (primary N) is 1. The van der Waals surface area contributed by atoms with Crippen molar-refractivity contribution in [2.24, 2.45) is 11.7 Å². The van der Waals surface area contributed by atoms with Gasteiger partial charge in [0, 0.05) is 6.42 Å². The molecule has 4 N–H and O–H groups in total. The van der Waals surface area contributed by atoms with Crippen molar-refractivity contribution in [2.45, 2.75) is 39.0 Å². The second-order valence-electron chi connectivity index (χ2n) is 7.56. The smallest absolute Gasteiger partial charge is 0.408 e. The average molecular weight is 462 g/mol. The van der Waals surface area contributed by atoms with E-state index in [1.807, 2.05) is 30.3 Å². The third-order valence-electron chi connectivity index (χ3n) is 4.75. The summed E-state index contributed by atoms with van der Waals surface area (Å²) < 4.78 is 10.3. The first-order chi connectivity index (χ1) is 15.2. The molecule has 172 valence electrons. The van der Waals surface area contributed by atoms with E-state index in [0.29, 0.717) is 16.3 Å². The van der Waals surface area contributed by atoms with Crippen LogP contribution >= 0.6 is 11.6 Å². The minimum absolute atomic E-state index is 0.0707. The number of benzene rings is 2. The fraction of sp³-hybridized carbons (Fsp3) is 0.348. The Bertz CT molecular complexity index is 936. The van der Waals surface area contributed by atoms with Gasteiger partial charge < -0.3 is 25.8 Å². The van der Waals surface area contributed by atoms with Gasteiger partial charge in [-0.05, 0) is 29.2 Å². The van der Waals surface area contributed by atoms with Crippen molar-refractivity contribution in [3.05, 3.63) is 64.7 Å². The molecule has 8 nitrogen and oxygen atoms in total. The lowest BCUT2D eigenvalue weighted by atomic mass is 10.0. The van der Waals surface area contributed by atoms with E-state index in [1.165, 1.54) is 7.11 Å². The highest BCUT2D eigenvalue weighted by Crippen LogP contribution is 2.25. The van der Waals surface area contributed by atoms with E-state index >= 15 is 0 Å². The molecule has 0 saturated heterocycles. The Morgan fingerprint density at radius 3 is 2.28 bits per heavy atom. The molecular weight excluding hydrogens is 434 g/mol. The number of halogens is 1. The summed E-state index contributed by atoms with van der Waals surface area (Å²) in [6.07, 6.45) is -0.603.